The van der Waals surface area contributed by atoms with Gasteiger partial charge in [0.2, 0.25) is 0 Å². The molecule has 0 bridgehead atoms. The van der Waals surface area contributed by atoms with Crippen molar-refractivity contribution >= 4 is 17.3 Å². The van der Waals surface area contributed by atoms with Crippen LogP contribution in [0.15, 0.2) is 35.3 Å². The van der Waals surface area contributed by atoms with E-state index in [9.17, 15) is 9.59 Å². The first kappa shape index (κ1) is 26.8. The summed E-state index contributed by atoms with van der Waals surface area (Å²) in [5.74, 6) is 0.438. The van der Waals surface area contributed by atoms with E-state index in [-0.39, 0.29) is 30.3 Å². The fourth-order valence-electron chi connectivity index (χ4n) is 6.03. The van der Waals surface area contributed by atoms with Crippen LogP contribution >= 0.6 is 0 Å². The van der Waals surface area contributed by atoms with E-state index in [2.05, 4.69) is 33.7 Å². The highest BCUT2D eigenvalue weighted by atomic mass is 16.5. The molecule has 2 N–H and O–H groups in total. The van der Waals surface area contributed by atoms with Crippen molar-refractivity contribution in [1.29, 1.82) is 0 Å². The molecular weight excluding hydrogens is 480 g/mol. The van der Waals surface area contributed by atoms with Gasteiger partial charge in [-0.2, -0.15) is 0 Å². The summed E-state index contributed by atoms with van der Waals surface area (Å²) < 4.78 is 12.8. The Kier molecular flexibility index (Phi) is 8.69. The van der Waals surface area contributed by atoms with Crippen molar-refractivity contribution in [2.24, 2.45) is 13.0 Å². The predicted molar refractivity (Wildman–Crippen MR) is 150 cm³/mol. The number of nitrogens with zero attached hydrogens (tertiary/aromatic N) is 2. The first-order chi connectivity index (χ1) is 18.5. The fraction of sp³-hybridized carbons (Fsp3) is 0.600. The van der Waals surface area contributed by atoms with Crippen molar-refractivity contribution in [1.82, 2.24) is 9.88 Å². The largest absolute Gasteiger partial charge is 0.461 e. The number of nitrogens with one attached hydrogen (secondary N) is 2. The lowest BCUT2D eigenvalue weighted by Gasteiger charge is -2.33. The summed E-state index contributed by atoms with van der Waals surface area (Å²) in [4.78, 5) is 26.9. The van der Waals surface area contributed by atoms with Crippen LogP contribution in [0.2, 0.25) is 0 Å². The van der Waals surface area contributed by atoms with Crippen LogP contribution in [0, 0.1) is 12.8 Å². The highest BCUT2D eigenvalue weighted by Crippen LogP contribution is 2.43. The molecule has 2 aromatic rings. The highest BCUT2D eigenvalue weighted by molar-refractivity contribution is 5.77. The summed E-state index contributed by atoms with van der Waals surface area (Å²) >= 11 is 0. The third kappa shape index (κ3) is 6.41. The maximum atomic E-state index is 12.3. The van der Waals surface area contributed by atoms with Gasteiger partial charge in [0, 0.05) is 44.1 Å². The number of aryl methyl sites for hydroxylation is 3. The lowest BCUT2D eigenvalue weighted by atomic mass is 9.98. The summed E-state index contributed by atoms with van der Waals surface area (Å²) in [7, 11) is 1.82. The highest BCUT2D eigenvalue weighted by Gasteiger charge is 2.33. The predicted octanol–water partition coefficient (Wildman–Crippen LogP) is 4.06. The number of anilines is 2. The molecule has 8 heteroatoms. The van der Waals surface area contributed by atoms with Crippen molar-refractivity contribution in [2.45, 2.75) is 70.6 Å². The Morgan fingerprint density at radius 3 is 2.71 bits per heavy atom. The number of ether oxygens (including phenoxy) is 2. The normalized spacial score (nSPS) is 19.9. The monoisotopic (exact) mass is 522 g/mol. The Balaban J connectivity index is 1.23. The SMILES string of the molecule is Cc1cc(C2Nc3ccc(CCCNCC(=O)OC4CCCC4)cc3N2CC2CCOCC2)cn(C)c1=O. The van der Waals surface area contributed by atoms with Gasteiger partial charge in [0.25, 0.3) is 5.56 Å². The molecule has 0 radical (unpaired) electrons. The van der Waals surface area contributed by atoms with E-state index in [4.69, 9.17) is 9.47 Å². The summed E-state index contributed by atoms with van der Waals surface area (Å²) in [6.07, 6.45) is 10.4. The molecule has 3 heterocycles. The number of carbonyl (C=O) groups is 1. The van der Waals surface area contributed by atoms with Gasteiger partial charge in [0.1, 0.15) is 12.3 Å². The lowest BCUT2D eigenvalue weighted by Crippen LogP contribution is -2.35. The quantitative estimate of drug-likeness (QED) is 0.360. The third-order valence-electron chi connectivity index (χ3n) is 8.16. The lowest BCUT2D eigenvalue weighted by molar-refractivity contribution is -0.147. The van der Waals surface area contributed by atoms with Gasteiger partial charge in [-0.15, -0.1) is 0 Å². The standard InChI is InChI=1S/C30H42N4O4/c1-21-16-24(20-33(2)30(21)36)29-32-26-10-9-22(17-27(26)34(29)19-23-11-14-37-15-12-23)6-5-13-31-18-28(35)38-25-7-3-4-8-25/h9-10,16-17,20,23,25,29,31-32H,3-8,11-15,18-19H2,1-2H3. The van der Waals surface area contributed by atoms with E-state index in [0.717, 1.165) is 81.6 Å². The van der Waals surface area contributed by atoms with E-state index in [0.29, 0.717) is 5.92 Å². The van der Waals surface area contributed by atoms with Crippen LogP contribution < -0.4 is 21.1 Å². The number of aromatic nitrogens is 1. The zero-order chi connectivity index (χ0) is 26.5. The van der Waals surface area contributed by atoms with Gasteiger partial charge in [-0.3, -0.25) is 9.59 Å². The molecule has 5 rings (SSSR count). The fourth-order valence-corrected chi connectivity index (χ4v) is 6.03. The zero-order valence-electron chi connectivity index (χ0n) is 22.8. The second-order valence-corrected chi connectivity index (χ2v) is 11.2. The molecule has 1 aromatic heterocycles. The second kappa shape index (κ2) is 12.3. The number of esters is 1. The Hall–Kier alpha value is -2.84. The van der Waals surface area contributed by atoms with E-state index < -0.39 is 0 Å². The van der Waals surface area contributed by atoms with Crippen molar-refractivity contribution in [3.05, 3.63) is 57.5 Å². The molecule has 1 unspecified atom stereocenters. The molecule has 2 fully saturated rings. The van der Waals surface area contributed by atoms with Gasteiger partial charge in [-0.05, 0) is 94.5 Å². The molecule has 2 aliphatic heterocycles. The minimum Gasteiger partial charge on any atom is -0.461 e. The number of pyridine rings is 1. The minimum atomic E-state index is -0.135. The maximum Gasteiger partial charge on any atom is 0.320 e. The van der Waals surface area contributed by atoms with Gasteiger partial charge < -0.3 is 29.6 Å². The van der Waals surface area contributed by atoms with Crippen LogP contribution in [0.4, 0.5) is 11.4 Å². The molecule has 3 aliphatic rings. The Morgan fingerprint density at radius 2 is 1.95 bits per heavy atom. The number of hydrogen-bond donors (Lipinski definition) is 2. The van der Waals surface area contributed by atoms with Crippen molar-refractivity contribution in [3.63, 3.8) is 0 Å². The molecule has 1 aromatic carbocycles. The Morgan fingerprint density at radius 1 is 1.16 bits per heavy atom. The van der Waals surface area contributed by atoms with Gasteiger partial charge in [-0.25, -0.2) is 0 Å². The van der Waals surface area contributed by atoms with Crippen LogP contribution in [0.1, 0.15) is 67.8 Å². The summed E-state index contributed by atoms with van der Waals surface area (Å²) in [6.45, 7) is 5.54. The van der Waals surface area contributed by atoms with Gasteiger partial charge in [0.05, 0.1) is 17.9 Å². The zero-order valence-corrected chi connectivity index (χ0v) is 22.8. The van der Waals surface area contributed by atoms with E-state index in [1.807, 2.05) is 26.2 Å². The van der Waals surface area contributed by atoms with Gasteiger partial charge in [0.15, 0.2) is 0 Å². The molecule has 1 saturated heterocycles. The van der Waals surface area contributed by atoms with Crippen LogP contribution in [0.25, 0.3) is 0 Å². The number of rotatable bonds is 10. The van der Waals surface area contributed by atoms with Crippen molar-refractivity contribution < 1.29 is 14.3 Å². The van der Waals surface area contributed by atoms with Crippen molar-refractivity contribution in [2.75, 3.05) is 43.1 Å². The number of fused-ring (bicyclic) bond motifs is 1. The Bertz CT molecular complexity index is 1140. The smallest absolute Gasteiger partial charge is 0.320 e. The van der Waals surface area contributed by atoms with E-state index in [1.54, 1.807) is 4.57 Å². The first-order valence-electron chi connectivity index (χ1n) is 14.3. The molecule has 0 amide bonds. The minimum absolute atomic E-state index is 0.0128. The van der Waals surface area contributed by atoms with Crippen molar-refractivity contribution in [3.8, 4) is 0 Å². The molecule has 0 spiro atoms. The Labute approximate surface area is 225 Å². The molecule has 38 heavy (non-hydrogen) atoms. The van der Waals surface area contributed by atoms with E-state index >= 15 is 0 Å². The summed E-state index contributed by atoms with van der Waals surface area (Å²) in [6, 6.07) is 8.71. The topological polar surface area (TPSA) is 84.8 Å². The number of benzene rings is 1. The first-order valence-corrected chi connectivity index (χ1v) is 14.3. The molecule has 1 aliphatic carbocycles. The van der Waals surface area contributed by atoms with E-state index in [1.165, 1.54) is 24.1 Å². The average molecular weight is 523 g/mol. The van der Waals surface area contributed by atoms with Crippen LogP contribution in [-0.2, 0) is 27.7 Å². The summed E-state index contributed by atoms with van der Waals surface area (Å²) in [5.41, 5.74) is 5.54. The molecule has 8 nitrogen and oxygen atoms in total. The van der Waals surface area contributed by atoms with Crippen LogP contribution in [0.3, 0.4) is 0 Å². The number of carbonyl (C=O) groups excluding carboxylic acids is 1. The maximum absolute atomic E-state index is 12.3. The molecule has 1 saturated carbocycles. The molecule has 1 atom stereocenters. The second-order valence-electron chi connectivity index (χ2n) is 11.2. The molecular formula is C30H42N4O4. The summed E-state index contributed by atoms with van der Waals surface area (Å²) in [5, 5.41) is 6.98. The van der Waals surface area contributed by atoms with Crippen LogP contribution in [-0.4, -0.2) is 49.5 Å². The third-order valence-corrected chi connectivity index (χ3v) is 8.16. The average Bonchev–Trinajstić information content (AvgIpc) is 3.55. The number of hydrogen-bond acceptors (Lipinski definition) is 7. The van der Waals surface area contributed by atoms with Crippen LogP contribution in [0.5, 0.6) is 0 Å². The molecule has 206 valence electrons. The van der Waals surface area contributed by atoms with Gasteiger partial charge in [-0.1, -0.05) is 6.07 Å². The van der Waals surface area contributed by atoms with Gasteiger partial charge >= 0.3 is 5.97 Å².